The van der Waals surface area contributed by atoms with Crippen LogP contribution in [0.15, 0.2) is 24.3 Å². The third-order valence-electron chi connectivity index (χ3n) is 3.32. The summed E-state index contributed by atoms with van der Waals surface area (Å²) in [5, 5.41) is 0.505. The minimum absolute atomic E-state index is 0.301. The van der Waals surface area contributed by atoms with E-state index in [-0.39, 0.29) is 0 Å². The normalized spacial score (nSPS) is 12.0. The number of benzene rings is 1. The zero-order valence-electron chi connectivity index (χ0n) is 12.7. The first kappa shape index (κ1) is 16.1. The summed E-state index contributed by atoms with van der Waals surface area (Å²) in [5.74, 6) is 0. The maximum atomic E-state index is 11.8. The Morgan fingerprint density at radius 2 is 1.90 bits per heavy atom. The molecule has 0 saturated carbocycles. The molecule has 1 aromatic heterocycles. The second-order valence-electron chi connectivity index (χ2n) is 5.26. The average Bonchev–Trinajstić information content (AvgIpc) is 2.78. The molecule has 114 valence electrons. The summed E-state index contributed by atoms with van der Waals surface area (Å²) in [6, 6.07) is 8.07. The van der Waals surface area contributed by atoms with Crippen molar-refractivity contribution in [2.45, 2.75) is 39.5 Å². The molecule has 21 heavy (non-hydrogen) atoms. The van der Waals surface area contributed by atoms with Crippen LogP contribution < -0.4 is 4.72 Å². The highest BCUT2D eigenvalue weighted by molar-refractivity contribution is 7.90. The number of aromatic nitrogens is 1. The van der Waals surface area contributed by atoms with Crippen molar-refractivity contribution >= 4 is 21.4 Å². The number of hydrogen-bond donors (Lipinski definition) is 1. The fourth-order valence-electron chi connectivity index (χ4n) is 1.85. The number of aryl methyl sites for hydroxylation is 2. The third-order valence-corrected chi connectivity index (χ3v) is 6.30. The summed E-state index contributed by atoms with van der Waals surface area (Å²) in [6.07, 6.45) is 0. The molecule has 0 unspecified atom stereocenters. The van der Waals surface area contributed by atoms with Crippen LogP contribution in [0.25, 0.3) is 10.6 Å². The van der Waals surface area contributed by atoms with Crippen LogP contribution in [0.4, 0.5) is 0 Å². The first-order valence-electron chi connectivity index (χ1n) is 6.82. The van der Waals surface area contributed by atoms with Gasteiger partial charge in [0.25, 0.3) is 0 Å². The Kier molecular flexibility index (Phi) is 4.81. The molecule has 0 amide bonds. The lowest BCUT2D eigenvalue weighted by molar-refractivity contribution is 0.572. The van der Waals surface area contributed by atoms with E-state index < -0.39 is 15.3 Å². The van der Waals surface area contributed by atoms with E-state index in [1.54, 1.807) is 25.2 Å². The number of rotatable bonds is 5. The number of thiazole rings is 1. The molecule has 0 fully saturated rings. The van der Waals surface area contributed by atoms with Gasteiger partial charge in [-0.3, -0.25) is 0 Å². The number of hydrogen-bond acceptors (Lipinski definition) is 4. The van der Waals surface area contributed by atoms with Gasteiger partial charge in [0.2, 0.25) is 10.0 Å². The van der Waals surface area contributed by atoms with Crippen molar-refractivity contribution in [3.63, 3.8) is 0 Å². The molecule has 0 radical (unpaired) electrons. The molecule has 1 aromatic carbocycles. The molecule has 0 aliphatic rings. The summed E-state index contributed by atoms with van der Waals surface area (Å²) in [7, 11) is -3.25. The molecule has 0 spiro atoms. The van der Waals surface area contributed by atoms with E-state index in [1.165, 1.54) is 5.56 Å². The van der Waals surface area contributed by atoms with E-state index in [0.717, 1.165) is 21.1 Å². The van der Waals surface area contributed by atoms with Crippen molar-refractivity contribution in [3.05, 3.63) is 40.4 Å². The molecule has 0 atom stereocenters. The van der Waals surface area contributed by atoms with Gasteiger partial charge in [0.15, 0.2) is 0 Å². The summed E-state index contributed by atoms with van der Waals surface area (Å²) in [4.78, 5) is 5.53. The van der Waals surface area contributed by atoms with Crippen molar-refractivity contribution in [1.82, 2.24) is 9.71 Å². The van der Waals surface area contributed by atoms with Crippen LogP contribution in [0.1, 0.15) is 30.0 Å². The predicted molar refractivity (Wildman–Crippen MR) is 87.9 cm³/mol. The van der Waals surface area contributed by atoms with Crippen LogP contribution in [0.3, 0.4) is 0 Å². The van der Waals surface area contributed by atoms with Gasteiger partial charge >= 0.3 is 0 Å². The monoisotopic (exact) mass is 324 g/mol. The zero-order chi connectivity index (χ0) is 15.6. The Balaban J connectivity index is 2.23. The van der Waals surface area contributed by atoms with E-state index in [2.05, 4.69) is 9.71 Å². The highest BCUT2D eigenvalue weighted by Crippen LogP contribution is 2.30. The number of nitrogens with zero attached hydrogens (tertiary/aromatic N) is 1. The molecule has 2 rings (SSSR count). The fourth-order valence-corrected chi connectivity index (χ4v) is 3.72. The minimum atomic E-state index is -3.25. The molecule has 4 nitrogen and oxygen atoms in total. The maximum Gasteiger partial charge on any atom is 0.214 e. The average molecular weight is 324 g/mol. The van der Waals surface area contributed by atoms with Crippen LogP contribution >= 0.6 is 11.3 Å². The van der Waals surface area contributed by atoms with Gasteiger partial charge in [0.05, 0.1) is 10.9 Å². The van der Waals surface area contributed by atoms with E-state index in [1.807, 2.05) is 38.1 Å². The Morgan fingerprint density at radius 3 is 2.52 bits per heavy atom. The minimum Gasteiger partial charge on any atom is -0.241 e. The first-order chi connectivity index (χ1) is 9.81. The summed E-state index contributed by atoms with van der Waals surface area (Å²) in [6.45, 7) is 7.60. The molecule has 0 aliphatic heterocycles. The van der Waals surface area contributed by atoms with Crippen LogP contribution in [-0.2, 0) is 16.6 Å². The molecule has 0 bridgehead atoms. The first-order valence-corrected chi connectivity index (χ1v) is 9.18. The lowest BCUT2D eigenvalue weighted by Gasteiger charge is -2.08. The Hall–Kier alpha value is -1.24. The highest BCUT2D eigenvalue weighted by atomic mass is 32.2. The summed E-state index contributed by atoms with van der Waals surface area (Å²) >= 11 is 1.54. The second kappa shape index (κ2) is 6.25. The van der Waals surface area contributed by atoms with E-state index in [9.17, 15) is 8.42 Å². The number of sulfonamides is 1. The maximum absolute atomic E-state index is 11.8. The van der Waals surface area contributed by atoms with Crippen LogP contribution in [-0.4, -0.2) is 18.7 Å². The lowest BCUT2D eigenvalue weighted by Crippen LogP contribution is -2.30. The van der Waals surface area contributed by atoms with Gasteiger partial charge in [0.1, 0.15) is 5.01 Å². The lowest BCUT2D eigenvalue weighted by atomic mass is 10.1. The fraction of sp³-hybridized carbons (Fsp3) is 0.400. The highest BCUT2D eigenvalue weighted by Gasteiger charge is 2.17. The molecule has 0 aliphatic carbocycles. The molecular formula is C15H20N2O2S2. The smallest absolute Gasteiger partial charge is 0.214 e. The van der Waals surface area contributed by atoms with Crippen LogP contribution in [0.2, 0.25) is 0 Å². The SMILES string of the molecule is Cc1ccccc1-c1nc(C)c(CNS(=O)(=O)C(C)C)s1. The topological polar surface area (TPSA) is 59.1 Å². The molecule has 6 heteroatoms. The zero-order valence-corrected chi connectivity index (χ0v) is 14.3. The van der Waals surface area contributed by atoms with Gasteiger partial charge in [0, 0.05) is 17.0 Å². The van der Waals surface area contributed by atoms with Crippen LogP contribution in [0.5, 0.6) is 0 Å². The van der Waals surface area contributed by atoms with Gasteiger partial charge in [-0.15, -0.1) is 11.3 Å². The Morgan fingerprint density at radius 1 is 1.24 bits per heavy atom. The van der Waals surface area contributed by atoms with Crippen molar-refractivity contribution < 1.29 is 8.42 Å². The molecule has 2 aromatic rings. The van der Waals surface area contributed by atoms with Gasteiger partial charge in [-0.2, -0.15) is 0 Å². The molecular weight excluding hydrogens is 304 g/mol. The van der Waals surface area contributed by atoms with Gasteiger partial charge < -0.3 is 0 Å². The van der Waals surface area contributed by atoms with E-state index >= 15 is 0 Å². The van der Waals surface area contributed by atoms with Crippen molar-refractivity contribution in [3.8, 4) is 10.6 Å². The second-order valence-corrected chi connectivity index (χ2v) is 8.66. The van der Waals surface area contributed by atoms with Gasteiger partial charge in [-0.05, 0) is 33.3 Å². The third kappa shape index (κ3) is 3.70. The van der Waals surface area contributed by atoms with E-state index in [4.69, 9.17) is 0 Å². The predicted octanol–water partition coefficient (Wildman–Crippen LogP) is 3.25. The van der Waals surface area contributed by atoms with E-state index in [0.29, 0.717) is 6.54 Å². The van der Waals surface area contributed by atoms with Crippen LogP contribution in [0, 0.1) is 13.8 Å². The largest absolute Gasteiger partial charge is 0.241 e. The van der Waals surface area contributed by atoms with Crippen molar-refractivity contribution in [1.29, 1.82) is 0 Å². The summed E-state index contributed by atoms with van der Waals surface area (Å²) in [5.41, 5.74) is 3.15. The standard InChI is InChI=1S/C15H20N2O2S2/c1-10(2)21(18,19)16-9-14-12(4)17-15(20-14)13-8-6-5-7-11(13)3/h5-8,10,16H,9H2,1-4H3. The van der Waals surface area contributed by atoms with Gasteiger partial charge in [-0.1, -0.05) is 24.3 Å². The van der Waals surface area contributed by atoms with Crippen molar-refractivity contribution in [2.24, 2.45) is 0 Å². The quantitative estimate of drug-likeness (QED) is 0.918. The van der Waals surface area contributed by atoms with Crippen molar-refractivity contribution in [2.75, 3.05) is 0 Å². The number of nitrogens with one attached hydrogen (secondary N) is 1. The molecule has 1 heterocycles. The Labute approximate surface area is 130 Å². The summed E-state index contributed by atoms with van der Waals surface area (Å²) < 4.78 is 26.3. The van der Waals surface area contributed by atoms with Gasteiger partial charge in [-0.25, -0.2) is 18.1 Å². The molecule has 0 saturated heterocycles. The molecule has 1 N–H and O–H groups in total. The Bertz CT molecular complexity index is 734.